The second kappa shape index (κ2) is 5.52. The van der Waals surface area contributed by atoms with Gasteiger partial charge in [0.15, 0.2) is 11.1 Å². The standard InChI is InChI=1S/C12H10O5S2/c13-18(14)11-7-4-8-12(9-11)19(15,16)17-10-5-2-1-3-6-10/h1-9H,(H,13,14). The minimum Gasteiger partial charge on any atom is -0.379 e. The van der Waals surface area contributed by atoms with E-state index in [1.54, 1.807) is 18.2 Å². The van der Waals surface area contributed by atoms with Crippen molar-refractivity contribution in [2.75, 3.05) is 0 Å². The molecule has 0 aliphatic heterocycles. The summed E-state index contributed by atoms with van der Waals surface area (Å²) in [7, 11) is -4.01. The van der Waals surface area contributed by atoms with Crippen LogP contribution in [0.15, 0.2) is 64.4 Å². The van der Waals surface area contributed by atoms with E-state index in [0.29, 0.717) is 0 Å². The predicted molar refractivity (Wildman–Crippen MR) is 69.7 cm³/mol. The zero-order chi connectivity index (χ0) is 13.9. The maximum absolute atomic E-state index is 12.0. The van der Waals surface area contributed by atoms with Crippen LogP contribution < -0.4 is 4.18 Å². The molecule has 0 saturated heterocycles. The maximum atomic E-state index is 12.0. The third-order valence-corrected chi connectivity index (χ3v) is 4.15. The lowest BCUT2D eigenvalue weighted by molar-refractivity contribution is 0.486. The molecule has 2 aromatic carbocycles. The number of benzene rings is 2. The van der Waals surface area contributed by atoms with Crippen LogP contribution in [0.3, 0.4) is 0 Å². The minimum atomic E-state index is -4.01. The Morgan fingerprint density at radius 2 is 1.68 bits per heavy atom. The summed E-state index contributed by atoms with van der Waals surface area (Å²) in [6, 6.07) is 13.2. The average molecular weight is 298 g/mol. The molecule has 0 spiro atoms. The van der Waals surface area contributed by atoms with Crippen LogP contribution in [0.2, 0.25) is 0 Å². The lowest BCUT2D eigenvalue weighted by Gasteiger charge is -2.07. The third kappa shape index (κ3) is 3.40. The molecule has 0 aromatic heterocycles. The second-order valence-corrected chi connectivity index (χ2v) is 6.09. The fourth-order valence-electron chi connectivity index (χ4n) is 1.39. The van der Waals surface area contributed by atoms with E-state index in [1.165, 1.54) is 30.3 Å². The van der Waals surface area contributed by atoms with Crippen molar-refractivity contribution >= 4 is 21.2 Å². The first-order valence-electron chi connectivity index (χ1n) is 5.19. The van der Waals surface area contributed by atoms with Crippen LogP contribution in [0.1, 0.15) is 0 Å². The fourth-order valence-corrected chi connectivity index (χ4v) is 2.86. The lowest BCUT2D eigenvalue weighted by atomic mass is 10.3. The Balaban J connectivity index is 2.35. The summed E-state index contributed by atoms with van der Waals surface area (Å²) in [5.41, 5.74) is 0. The van der Waals surface area contributed by atoms with Gasteiger partial charge in [-0.3, -0.25) is 0 Å². The Morgan fingerprint density at radius 1 is 1.00 bits per heavy atom. The van der Waals surface area contributed by atoms with Crippen molar-refractivity contribution in [2.24, 2.45) is 0 Å². The molecule has 19 heavy (non-hydrogen) atoms. The Kier molecular flexibility index (Phi) is 3.98. The van der Waals surface area contributed by atoms with Gasteiger partial charge >= 0.3 is 10.1 Å². The smallest absolute Gasteiger partial charge is 0.339 e. The van der Waals surface area contributed by atoms with Gasteiger partial charge < -0.3 is 8.74 Å². The average Bonchev–Trinajstić information content (AvgIpc) is 2.39. The highest BCUT2D eigenvalue weighted by atomic mass is 32.2. The number of hydrogen-bond donors (Lipinski definition) is 1. The van der Waals surface area contributed by atoms with E-state index in [0.717, 1.165) is 6.07 Å². The number of hydrogen-bond acceptors (Lipinski definition) is 4. The molecule has 0 bridgehead atoms. The van der Waals surface area contributed by atoms with Gasteiger partial charge in [0, 0.05) is 0 Å². The molecule has 0 saturated carbocycles. The van der Waals surface area contributed by atoms with Gasteiger partial charge in [0.05, 0.1) is 4.90 Å². The molecule has 0 heterocycles. The van der Waals surface area contributed by atoms with E-state index in [1.807, 2.05) is 0 Å². The topological polar surface area (TPSA) is 80.7 Å². The van der Waals surface area contributed by atoms with Crippen molar-refractivity contribution in [2.45, 2.75) is 9.79 Å². The van der Waals surface area contributed by atoms with E-state index in [4.69, 9.17) is 8.74 Å². The van der Waals surface area contributed by atoms with Crippen LogP contribution in [-0.2, 0) is 21.2 Å². The summed E-state index contributed by atoms with van der Waals surface area (Å²) in [6.45, 7) is 0. The molecule has 1 unspecified atom stereocenters. The second-order valence-electron chi connectivity index (χ2n) is 3.57. The van der Waals surface area contributed by atoms with Crippen LogP contribution in [0.25, 0.3) is 0 Å². The van der Waals surface area contributed by atoms with Crippen LogP contribution in [0.4, 0.5) is 0 Å². The third-order valence-electron chi connectivity index (χ3n) is 2.24. The highest BCUT2D eigenvalue weighted by Gasteiger charge is 2.17. The summed E-state index contributed by atoms with van der Waals surface area (Å²) < 4.78 is 48.7. The molecule has 0 aliphatic rings. The molecule has 5 nitrogen and oxygen atoms in total. The van der Waals surface area contributed by atoms with Gasteiger partial charge in [0.1, 0.15) is 10.6 Å². The highest BCUT2D eigenvalue weighted by Crippen LogP contribution is 2.19. The molecule has 0 amide bonds. The predicted octanol–water partition coefficient (Wildman–Crippen LogP) is 2.03. The van der Waals surface area contributed by atoms with Gasteiger partial charge in [0.25, 0.3) is 0 Å². The first-order chi connectivity index (χ1) is 8.99. The minimum absolute atomic E-state index is 0.00210. The van der Waals surface area contributed by atoms with Crippen molar-refractivity contribution in [3.63, 3.8) is 0 Å². The molecule has 0 fully saturated rings. The molecule has 7 heteroatoms. The normalized spacial score (nSPS) is 12.9. The Morgan fingerprint density at radius 3 is 2.32 bits per heavy atom. The van der Waals surface area contributed by atoms with Crippen molar-refractivity contribution in [1.29, 1.82) is 0 Å². The van der Waals surface area contributed by atoms with Gasteiger partial charge in [0.2, 0.25) is 0 Å². The summed E-state index contributed by atoms with van der Waals surface area (Å²) >= 11 is -2.24. The van der Waals surface area contributed by atoms with Crippen LogP contribution >= 0.6 is 0 Å². The molecule has 1 atom stereocenters. The van der Waals surface area contributed by atoms with Gasteiger partial charge in [-0.15, -0.1) is 0 Å². The number of para-hydroxylation sites is 1. The van der Waals surface area contributed by atoms with Gasteiger partial charge in [-0.05, 0) is 30.3 Å². The highest BCUT2D eigenvalue weighted by molar-refractivity contribution is 7.87. The van der Waals surface area contributed by atoms with Gasteiger partial charge in [-0.1, -0.05) is 24.3 Å². The zero-order valence-electron chi connectivity index (χ0n) is 9.59. The molecule has 0 aliphatic carbocycles. The van der Waals surface area contributed by atoms with Crippen LogP contribution in [0.5, 0.6) is 5.75 Å². The van der Waals surface area contributed by atoms with E-state index >= 15 is 0 Å². The zero-order valence-corrected chi connectivity index (χ0v) is 11.2. The molecular formula is C12H10O5S2. The quantitative estimate of drug-likeness (QED) is 0.690. The largest absolute Gasteiger partial charge is 0.379 e. The molecular weight excluding hydrogens is 288 g/mol. The van der Waals surface area contributed by atoms with E-state index in [2.05, 4.69) is 0 Å². The fraction of sp³-hybridized carbons (Fsp3) is 0. The van der Waals surface area contributed by atoms with Crippen molar-refractivity contribution < 1.29 is 21.4 Å². The Bertz CT molecular complexity index is 695. The van der Waals surface area contributed by atoms with Crippen LogP contribution in [0, 0.1) is 0 Å². The van der Waals surface area contributed by atoms with Crippen molar-refractivity contribution in [1.82, 2.24) is 0 Å². The number of rotatable bonds is 4. The molecule has 2 aromatic rings. The van der Waals surface area contributed by atoms with E-state index < -0.39 is 21.2 Å². The van der Waals surface area contributed by atoms with Gasteiger partial charge in [-0.25, -0.2) is 4.21 Å². The molecule has 0 radical (unpaired) electrons. The van der Waals surface area contributed by atoms with Gasteiger partial charge in [-0.2, -0.15) is 8.42 Å². The van der Waals surface area contributed by atoms with E-state index in [9.17, 15) is 12.6 Å². The summed E-state index contributed by atoms with van der Waals surface area (Å²) in [6.07, 6.45) is 0. The monoisotopic (exact) mass is 298 g/mol. The van der Waals surface area contributed by atoms with Crippen LogP contribution in [-0.4, -0.2) is 17.2 Å². The van der Waals surface area contributed by atoms with Crippen molar-refractivity contribution in [3.8, 4) is 5.75 Å². The Hall–Kier alpha value is -1.70. The van der Waals surface area contributed by atoms with E-state index in [-0.39, 0.29) is 15.5 Å². The summed E-state index contributed by atoms with van der Waals surface area (Å²) in [5, 5.41) is 0. The maximum Gasteiger partial charge on any atom is 0.339 e. The summed E-state index contributed by atoms with van der Waals surface area (Å²) in [5.74, 6) is 0.179. The molecule has 100 valence electrons. The lowest BCUT2D eigenvalue weighted by Crippen LogP contribution is -2.10. The Labute approximate surface area is 113 Å². The molecule has 1 N–H and O–H groups in total. The molecule has 2 rings (SSSR count). The first-order valence-corrected chi connectivity index (χ1v) is 7.71. The SMILES string of the molecule is O=S(O)c1cccc(S(=O)(=O)Oc2ccccc2)c1. The van der Waals surface area contributed by atoms with Crippen molar-refractivity contribution in [3.05, 3.63) is 54.6 Å². The first kappa shape index (κ1) is 13.7. The summed E-state index contributed by atoms with van der Waals surface area (Å²) in [4.78, 5) is -0.172.